The molecule has 0 aliphatic carbocycles. The molecule has 2 rings (SSSR count). The Morgan fingerprint density at radius 1 is 1.23 bits per heavy atom. The number of nitrogens with one attached hydrogen (secondary N) is 1. The zero-order chi connectivity index (χ0) is 19.1. The van der Waals surface area contributed by atoms with E-state index in [4.69, 9.17) is 14.2 Å². The summed E-state index contributed by atoms with van der Waals surface area (Å²) in [6, 6.07) is 4.95. The fourth-order valence-corrected chi connectivity index (χ4v) is 3.14. The smallest absolute Gasteiger partial charge is 0.333 e. The molecular weight excluding hydrogens is 360 g/mol. The van der Waals surface area contributed by atoms with Gasteiger partial charge in [-0.2, -0.15) is 0 Å². The summed E-state index contributed by atoms with van der Waals surface area (Å²) in [5.41, 5.74) is 0.474. The normalized spacial score (nSPS) is 15.1. The van der Waals surface area contributed by atoms with Crippen molar-refractivity contribution in [2.45, 2.75) is 6.92 Å². The highest BCUT2D eigenvalue weighted by Crippen LogP contribution is 2.29. The van der Waals surface area contributed by atoms with Crippen molar-refractivity contribution in [3.05, 3.63) is 29.3 Å². The van der Waals surface area contributed by atoms with Gasteiger partial charge < -0.3 is 19.5 Å². The third kappa shape index (κ3) is 5.16. The van der Waals surface area contributed by atoms with E-state index < -0.39 is 11.9 Å². The fraction of sp³-hybridized carbons (Fsp3) is 0.353. The minimum absolute atomic E-state index is 0.172. The van der Waals surface area contributed by atoms with Crippen LogP contribution in [0.4, 0.5) is 5.69 Å². The number of hydrogen-bond donors (Lipinski definition) is 1. The topological polar surface area (TPSA) is 94.2 Å². The number of nitrogens with zero attached hydrogens (tertiary/aromatic N) is 1. The van der Waals surface area contributed by atoms with Crippen molar-refractivity contribution in [1.82, 2.24) is 4.90 Å². The number of thioether (sulfide) groups is 1. The zero-order valence-corrected chi connectivity index (χ0v) is 15.6. The Labute approximate surface area is 155 Å². The molecule has 0 radical (unpaired) electrons. The molecule has 26 heavy (non-hydrogen) atoms. The second kappa shape index (κ2) is 9.14. The van der Waals surface area contributed by atoms with E-state index in [1.165, 1.54) is 37.0 Å². The lowest BCUT2D eigenvalue weighted by Gasteiger charge is -2.17. The maximum absolute atomic E-state index is 12.3. The number of carbonyl (C=O) groups is 3. The Hall–Kier alpha value is -2.68. The van der Waals surface area contributed by atoms with Crippen LogP contribution in [-0.2, 0) is 19.1 Å². The first-order valence-corrected chi connectivity index (χ1v) is 8.80. The number of rotatable bonds is 7. The van der Waals surface area contributed by atoms with Gasteiger partial charge in [0, 0.05) is 23.9 Å². The predicted molar refractivity (Wildman–Crippen MR) is 97.1 cm³/mol. The lowest BCUT2D eigenvalue weighted by Crippen LogP contribution is -2.34. The molecule has 1 heterocycles. The number of carbonyl (C=O) groups excluding carboxylic acids is 3. The van der Waals surface area contributed by atoms with Gasteiger partial charge in [0.15, 0.2) is 0 Å². The van der Waals surface area contributed by atoms with Gasteiger partial charge in [-0.3, -0.25) is 14.5 Å². The Bertz CT molecular complexity index is 712. The first-order chi connectivity index (χ1) is 12.5. The maximum Gasteiger partial charge on any atom is 0.333 e. The molecule has 1 fully saturated rings. The molecule has 1 aromatic carbocycles. The zero-order valence-electron chi connectivity index (χ0n) is 14.7. The molecule has 8 nitrogen and oxygen atoms in total. The highest BCUT2D eigenvalue weighted by molar-refractivity contribution is 8.04. The van der Waals surface area contributed by atoms with Crippen LogP contribution in [0.25, 0.3) is 0 Å². The molecule has 0 bridgehead atoms. The van der Waals surface area contributed by atoms with Crippen molar-refractivity contribution in [2.75, 3.05) is 38.4 Å². The van der Waals surface area contributed by atoms with E-state index in [1.54, 1.807) is 25.1 Å². The van der Waals surface area contributed by atoms with Gasteiger partial charge in [0.25, 0.3) is 0 Å². The van der Waals surface area contributed by atoms with Crippen molar-refractivity contribution < 1.29 is 28.6 Å². The molecule has 140 valence electrons. The molecule has 9 heteroatoms. The van der Waals surface area contributed by atoms with Crippen LogP contribution in [0.3, 0.4) is 0 Å². The summed E-state index contributed by atoms with van der Waals surface area (Å²) in [5, 5.41) is 3.09. The van der Waals surface area contributed by atoms with E-state index in [0.717, 1.165) is 0 Å². The number of methoxy groups -OCH3 is 2. The van der Waals surface area contributed by atoms with Crippen LogP contribution in [-0.4, -0.2) is 55.8 Å². The summed E-state index contributed by atoms with van der Waals surface area (Å²) >= 11 is 1.19. The molecule has 0 aromatic heterocycles. The van der Waals surface area contributed by atoms with Gasteiger partial charge in [0.05, 0.1) is 37.7 Å². The SMILES string of the molecule is CCOC(=O)/C=C1\SCC(=O)N1CC(=O)Nc1cc(OC)cc(OC)c1. The summed E-state index contributed by atoms with van der Waals surface area (Å²) in [6.45, 7) is 1.72. The molecule has 1 N–H and O–H groups in total. The summed E-state index contributed by atoms with van der Waals surface area (Å²) < 4.78 is 15.2. The summed E-state index contributed by atoms with van der Waals surface area (Å²) in [6.07, 6.45) is 1.22. The van der Waals surface area contributed by atoms with Crippen LogP contribution in [0.1, 0.15) is 6.92 Å². The van der Waals surface area contributed by atoms with Crippen molar-refractivity contribution in [2.24, 2.45) is 0 Å². The molecule has 0 saturated carbocycles. The van der Waals surface area contributed by atoms with Crippen LogP contribution < -0.4 is 14.8 Å². The van der Waals surface area contributed by atoms with E-state index in [2.05, 4.69) is 5.32 Å². The van der Waals surface area contributed by atoms with E-state index in [-0.39, 0.29) is 24.8 Å². The number of anilines is 1. The average Bonchev–Trinajstić information content (AvgIpc) is 2.94. The molecule has 1 aliphatic rings. The van der Waals surface area contributed by atoms with Gasteiger partial charge in [-0.1, -0.05) is 11.8 Å². The number of ether oxygens (including phenoxy) is 3. The predicted octanol–water partition coefficient (Wildman–Crippen LogP) is 1.62. The Balaban J connectivity index is 2.08. The van der Waals surface area contributed by atoms with Crippen molar-refractivity contribution in [1.29, 1.82) is 0 Å². The molecule has 1 saturated heterocycles. The molecule has 0 spiro atoms. The Kier molecular flexibility index (Phi) is 6.90. The van der Waals surface area contributed by atoms with Gasteiger partial charge in [-0.05, 0) is 6.92 Å². The number of benzene rings is 1. The number of esters is 1. The fourth-order valence-electron chi connectivity index (χ4n) is 2.21. The molecule has 1 aromatic rings. The summed E-state index contributed by atoms with van der Waals surface area (Å²) in [5.74, 6) is 0.0130. The number of hydrogen-bond acceptors (Lipinski definition) is 7. The molecule has 2 amide bonds. The first-order valence-electron chi connectivity index (χ1n) is 7.81. The second-order valence-electron chi connectivity index (χ2n) is 5.15. The van der Waals surface area contributed by atoms with Gasteiger partial charge >= 0.3 is 5.97 Å². The molecular formula is C17H20N2O6S. The highest BCUT2D eigenvalue weighted by Gasteiger charge is 2.29. The Morgan fingerprint density at radius 2 is 1.88 bits per heavy atom. The minimum atomic E-state index is -0.548. The summed E-state index contributed by atoms with van der Waals surface area (Å²) in [4.78, 5) is 37.2. The van der Waals surface area contributed by atoms with Crippen molar-refractivity contribution >= 4 is 35.2 Å². The van der Waals surface area contributed by atoms with Gasteiger partial charge in [0.1, 0.15) is 18.0 Å². The van der Waals surface area contributed by atoms with Gasteiger partial charge in [-0.15, -0.1) is 0 Å². The van der Waals surface area contributed by atoms with Gasteiger partial charge in [-0.25, -0.2) is 4.79 Å². The van der Waals surface area contributed by atoms with Crippen LogP contribution >= 0.6 is 11.8 Å². The van der Waals surface area contributed by atoms with E-state index in [9.17, 15) is 14.4 Å². The second-order valence-corrected chi connectivity index (χ2v) is 6.15. The van der Waals surface area contributed by atoms with Crippen LogP contribution in [0, 0.1) is 0 Å². The first kappa shape index (κ1) is 19.6. The van der Waals surface area contributed by atoms with Gasteiger partial charge in [0.2, 0.25) is 11.8 Å². The van der Waals surface area contributed by atoms with E-state index in [1.807, 2.05) is 0 Å². The van der Waals surface area contributed by atoms with Crippen molar-refractivity contribution in [3.63, 3.8) is 0 Å². The summed E-state index contributed by atoms with van der Waals surface area (Å²) in [7, 11) is 3.01. The third-order valence-electron chi connectivity index (χ3n) is 3.38. The highest BCUT2D eigenvalue weighted by atomic mass is 32.2. The maximum atomic E-state index is 12.3. The third-order valence-corrected chi connectivity index (χ3v) is 4.40. The molecule has 0 unspecified atom stereocenters. The quantitative estimate of drug-likeness (QED) is 0.567. The monoisotopic (exact) mass is 380 g/mol. The lowest BCUT2D eigenvalue weighted by molar-refractivity contribution is -0.137. The van der Waals surface area contributed by atoms with Crippen LogP contribution in [0.2, 0.25) is 0 Å². The molecule has 0 atom stereocenters. The van der Waals surface area contributed by atoms with Crippen LogP contribution in [0.5, 0.6) is 11.5 Å². The largest absolute Gasteiger partial charge is 0.497 e. The molecule has 1 aliphatic heterocycles. The lowest BCUT2D eigenvalue weighted by atomic mass is 10.2. The number of amides is 2. The average molecular weight is 380 g/mol. The van der Waals surface area contributed by atoms with Crippen molar-refractivity contribution in [3.8, 4) is 11.5 Å². The van der Waals surface area contributed by atoms with Crippen LogP contribution in [0.15, 0.2) is 29.3 Å². The van der Waals surface area contributed by atoms with E-state index >= 15 is 0 Å². The van der Waals surface area contributed by atoms with E-state index in [0.29, 0.717) is 22.2 Å². The minimum Gasteiger partial charge on any atom is -0.497 e. The standard InChI is InChI=1S/C17H20N2O6S/c1-4-25-17(22)8-16-19(15(21)10-26-16)9-14(20)18-11-5-12(23-2)7-13(6-11)24-3/h5-8H,4,9-10H2,1-3H3,(H,18,20)/b16-8-. The Morgan fingerprint density at radius 3 is 2.46 bits per heavy atom.